The quantitative estimate of drug-likeness (QED) is 0.600. The molecule has 0 N–H and O–H groups in total. The molecule has 0 aliphatic rings. The first kappa shape index (κ1) is 19.0. The van der Waals surface area contributed by atoms with Crippen LogP contribution in [0, 0.1) is 6.92 Å². The average molecular weight is 432 g/mol. The van der Waals surface area contributed by atoms with Crippen molar-refractivity contribution < 1.29 is 13.2 Å². The molecule has 0 atom stereocenters. The van der Waals surface area contributed by atoms with Gasteiger partial charge in [0.2, 0.25) is 0 Å². The first-order chi connectivity index (χ1) is 12.2. The van der Waals surface area contributed by atoms with Crippen LogP contribution in [0.15, 0.2) is 41.0 Å². The van der Waals surface area contributed by atoms with Crippen molar-refractivity contribution in [3.63, 3.8) is 0 Å². The van der Waals surface area contributed by atoms with Crippen LogP contribution in [-0.2, 0) is 10.0 Å². The van der Waals surface area contributed by atoms with Crippen molar-refractivity contribution in [1.82, 2.24) is 9.55 Å². The normalized spacial score (nSPS) is 11.6. The van der Waals surface area contributed by atoms with Crippen LogP contribution >= 0.6 is 34.5 Å². The Bertz CT molecular complexity index is 1040. The van der Waals surface area contributed by atoms with Gasteiger partial charge in [0, 0.05) is 19.3 Å². The van der Waals surface area contributed by atoms with Gasteiger partial charge in [0.1, 0.15) is 14.3 Å². The monoisotopic (exact) mass is 431 g/mol. The molecule has 3 aromatic rings. The van der Waals surface area contributed by atoms with Gasteiger partial charge in [-0.05, 0) is 25.1 Å². The van der Waals surface area contributed by atoms with Gasteiger partial charge in [-0.1, -0.05) is 23.2 Å². The lowest BCUT2D eigenvalue weighted by molar-refractivity contribution is 0.413. The smallest absolute Gasteiger partial charge is 0.273 e. The number of ether oxygens (including phenoxy) is 1. The lowest BCUT2D eigenvalue weighted by Crippen LogP contribution is -2.25. The van der Waals surface area contributed by atoms with E-state index in [-0.39, 0.29) is 13.6 Å². The van der Waals surface area contributed by atoms with E-state index in [1.165, 1.54) is 20.2 Å². The first-order valence-electron chi connectivity index (χ1n) is 7.37. The minimum Gasteiger partial charge on any atom is -0.494 e. The minimum atomic E-state index is -3.78. The summed E-state index contributed by atoms with van der Waals surface area (Å²) in [6.07, 6.45) is 3.52. The Labute approximate surface area is 165 Å². The summed E-state index contributed by atoms with van der Waals surface area (Å²) in [6, 6.07) is 6.47. The molecule has 2 aromatic heterocycles. The van der Waals surface area contributed by atoms with E-state index in [1.54, 1.807) is 24.5 Å². The van der Waals surface area contributed by atoms with Gasteiger partial charge in [0.05, 0.1) is 35.5 Å². The first-order valence-corrected chi connectivity index (χ1v) is 10.4. The number of sulfonamides is 1. The number of benzene rings is 1. The molecule has 0 unspecified atom stereocenters. The molecule has 3 rings (SSSR count). The molecule has 6 nitrogen and oxygen atoms in total. The molecule has 0 aliphatic heterocycles. The number of anilines is 1. The summed E-state index contributed by atoms with van der Waals surface area (Å²) in [6.45, 7) is 1.88. The van der Waals surface area contributed by atoms with Gasteiger partial charge >= 0.3 is 0 Å². The summed E-state index contributed by atoms with van der Waals surface area (Å²) in [5.41, 5.74) is 2.07. The third kappa shape index (κ3) is 3.42. The maximum atomic E-state index is 12.8. The van der Waals surface area contributed by atoms with Crippen LogP contribution in [0.1, 0.15) is 5.69 Å². The molecule has 138 valence electrons. The Kier molecular flexibility index (Phi) is 5.21. The molecule has 26 heavy (non-hydrogen) atoms. The molecule has 0 bridgehead atoms. The molecule has 0 saturated carbocycles. The van der Waals surface area contributed by atoms with Crippen molar-refractivity contribution in [1.29, 1.82) is 0 Å². The second-order valence-corrected chi connectivity index (χ2v) is 9.70. The molecule has 0 saturated heterocycles. The highest BCUT2D eigenvalue weighted by Gasteiger charge is 2.25. The summed E-state index contributed by atoms with van der Waals surface area (Å²) < 4.78 is 34.4. The zero-order valence-corrected chi connectivity index (χ0v) is 17.2. The molecule has 2 heterocycles. The van der Waals surface area contributed by atoms with Crippen molar-refractivity contribution in [3.05, 3.63) is 51.8 Å². The fourth-order valence-electron chi connectivity index (χ4n) is 2.36. The number of halogens is 2. The lowest BCUT2D eigenvalue weighted by atomic mass is 10.2. The summed E-state index contributed by atoms with van der Waals surface area (Å²) in [5, 5.41) is 0.215. The van der Waals surface area contributed by atoms with E-state index in [4.69, 9.17) is 27.9 Å². The number of aryl methyl sites for hydroxylation is 1. The van der Waals surface area contributed by atoms with E-state index >= 15 is 0 Å². The number of aromatic nitrogens is 2. The predicted octanol–water partition coefficient (Wildman–Crippen LogP) is 4.38. The lowest BCUT2D eigenvalue weighted by Gasteiger charge is -2.20. The number of rotatable bonds is 5. The van der Waals surface area contributed by atoms with Crippen LogP contribution in [0.4, 0.5) is 5.69 Å². The minimum absolute atomic E-state index is 0.0725. The Morgan fingerprint density at radius 1 is 1.27 bits per heavy atom. The van der Waals surface area contributed by atoms with E-state index < -0.39 is 10.0 Å². The molecular formula is C16H15Cl2N3O3S2. The number of imidazole rings is 1. The van der Waals surface area contributed by atoms with Gasteiger partial charge in [0.15, 0.2) is 0 Å². The van der Waals surface area contributed by atoms with Gasteiger partial charge in [-0.2, -0.15) is 0 Å². The zero-order valence-electron chi connectivity index (χ0n) is 14.1. The van der Waals surface area contributed by atoms with E-state index in [9.17, 15) is 8.42 Å². The highest BCUT2D eigenvalue weighted by Crippen LogP contribution is 2.37. The molecule has 0 fully saturated rings. The van der Waals surface area contributed by atoms with Crippen molar-refractivity contribution in [2.75, 3.05) is 18.5 Å². The van der Waals surface area contributed by atoms with Gasteiger partial charge in [-0.3, -0.25) is 4.31 Å². The van der Waals surface area contributed by atoms with Crippen LogP contribution in [-0.4, -0.2) is 32.1 Å². The van der Waals surface area contributed by atoms with Crippen LogP contribution in [0.3, 0.4) is 0 Å². The molecule has 0 spiro atoms. The van der Waals surface area contributed by atoms with E-state index in [0.29, 0.717) is 11.4 Å². The number of methoxy groups -OCH3 is 1. The second kappa shape index (κ2) is 7.11. The second-order valence-electron chi connectivity index (χ2n) is 5.44. The van der Waals surface area contributed by atoms with Crippen molar-refractivity contribution in [3.8, 4) is 11.4 Å². The van der Waals surface area contributed by atoms with Crippen molar-refractivity contribution >= 4 is 50.2 Å². The summed E-state index contributed by atoms with van der Waals surface area (Å²) in [4.78, 5) is 4.19. The van der Waals surface area contributed by atoms with E-state index in [0.717, 1.165) is 27.0 Å². The van der Waals surface area contributed by atoms with Gasteiger partial charge in [-0.25, -0.2) is 13.4 Å². The Balaban J connectivity index is 2.01. The van der Waals surface area contributed by atoms with Gasteiger partial charge in [-0.15, -0.1) is 11.3 Å². The van der Waals surface area contributed by atoms with Gasteiger partial charge in [0.25, 0.3) is 10.0 Å². The van der Waals surface area contributed by atoms with E-state index in [1.807, 2.05) is 17.7 Å². The van der Waals surface area contributed by atoms with Crippen LogP contribution in [0.5, 0.6) is 5.75 Å². The molecule has 0 aliphatic carbocycles. The highest BCUT2D eigenvalue weighted by atomic mass is 35.5. The largest absolute Gasteiger partial charge is 0.494 e. The third-order valence-electron chi connectivity index (χ3n) is 3.75. The maximum Gasteiger partial charge on any atom is 0.273 e. The summed E-state index contributed by atoms with van der Waals surface area (Å²) in [5.74, 6) is 0.518. The maximum absolute atomic E-state index is 12.8. The van der Waals surface area contributed by atoms with Crippen LogP contribution in [0.2, 0.25) is 9.36 Å². The van der Waals surface area contributed by atoms with E-state index in [2.05, 4.69) is 4.98 Å². The zero-order chi connectivity index (χ0) is 19.1. The van der Waals surface area contributed by atoms with Crippen LogP contribution in [0.25, 0.3) is 5.69 Å². The molecular weight excluding hydrogens is 417 g/mol. The SMILES string of the molecule is COc1cc(N(C)S(=O)(=O)c2cc(Cl)c(Cl)s2)ccc1-n1cnc(C)c1. The average Bonchev–Trinajstić information content (AvgIpc) is 3.19. The molecule has 0 amide bonds. The highest BCUT2D eigenvalue weighted by molar-refractivity contribution is 7.94. The Hall–Kier alpha value is -1.74. The molecule has 10 heteroatoms. The Morgan fingerprint density at radius 2 is 2.00 bits per heavy atom. The number of nitrogens with zero attached hydrogens (tertiary/aromatic N) is 3. The standard InChI is InChI=1S/C16H15Cl2N3O3S2/c1-10-8-21(9-19-10)13-5-4-11(6-14(13)24-3)20(2)26(22,23)15-7-12(17)16(18)25-15/h4-9H,1-3H3. The Morgan fingerprint density at radius 3 is 2.54 bits per heavy atom. The fraction of sp³-hybridized carbons (Fsp3) is 0.188. The topological polar surface area (TPSA) is 64.4 Å². The van der Waals surface area contributed by atoms with Crippen LogP contribution < -0.4 is 9.04 Å². The summed E-state index contributed by atoms with van der Waals surface area (Å²) in [7, 11) is -0.791. The van der Waals surface area contributed by atoms with Crippen molar-refractivity contribution in [2.24, 2.45) is 0 Å². The summed E-state index contributed by atoms with van der Waals surface area (Å²) >= 11 is 12.7. The molecule has 1 aromatic carbocycles. The predicted molar refractivity (Wildman–Crippen MR) is 105 cm³/mol. The van der Waals surface area contributed by atoms with Gasteiger partial charge < -0.3 is 9.30 Å². The number of hydrogen-bond acceptors (Lipinski definition) is 5. The van der Waals surface area contributed by atoms with Crippen molar-refractivity contribution in [2.45, 2.75) is 11.1 Å². The number of thiophene rings is 1. The molecule has 0 radical (unpaired) electrons. The number of hydrogen-bond donors (Lipinski definition) is 0. The third-order valence-corrected chi connectivity index (χ3v) is 7.85. The fourth-order valence-corrected chi connectivity index (χ4v) is 5.60.